The summed E-state index contributed by atoms with van der Waals surface area (Å²) in [6.07, 6.45) is 0.446. The molecular formula is C25H28ClN5O2. The normalized spacial score (nSPS) is 16.5. The molecule has 8 heteroatoms. The molecule has 2 aromatic heterocycles. The predicted molar refractivity (Wildman–Crippen MR) is 131 cm³/mol. The molecule has 0 aliphatic carbocycles. The summed E-state index contributed by atoms with van der Waals surface area (Å²) in [5, 5.41) is 10.5. The molecule has 0 spiro atoms. The molecule has 1 saturated heterocycles. The minimum Gasteiger partial charge on any atom is -0.469 e. The average Bonchev–Trinajstić information content (AvgIpc) is 3.42. The van der Waals surface area contributed by atoms with Crippen molar-refractivity contribution < 1.29 is 9.53 Å². The number of piperazine rings is 1. The van der Waals surface area contributed by atoms with E-state index < -0.39 is 0 Å². The van der Waals surface area contributed by atoms with Gasteiger partial charge in [-0.05, 0) is 48.9 Å². The first-order valence-electron chi connectivity index (χ1n) is 11.3. The highest BCUT2D eigenvalue weighted by molar-refractivity contribution is 6.31. The summed E-state index contributed by atoms with van der Waals surface area (Å²) >= 11 is 6.10. The van der Waals surface area contributed by atoms with Gasteiger partial charge in [-0.1, -0.05) is 17.7 Å². The van der Waals surface area contributed by atoms with Crippen LogP contribution < -0.4 is 0 Å². The van der Waals surface area contributed by atoms with Gasteiger partial charge < -0.3 is 9.72 Å². The van der Waals surface area contributed by atoms with Crippen molar-refractivity contribution in [2.75, 3.05) is 33.3 Å². The number of rotatable bonds is 6. The second kappa shape index (κ2) is 9.17. The van der Waals surface area contributed by atoms with E-state index in [1.54, 1.807) is 0 Å². The molecule has 1 fully saturated rings. The second-order valence-corrected chi connectivity index (χ2v) is 9.24. The van der Waals surface area contributed by atoms with Crippen LogP contribution in [0.15, 0.2) is 42.5 Å². The van der Waals surface area contributed by atoms with Crippen LogP contribution in [0.5, 0.6) is 0 Å². The van der Waals surface area contributed by atoms with Gasteiger partial charge in [0.25, 0.3) is 0 Å². The third-order valence-electron chi connectivity index (χ3n) is 6.59. The molecule has 1 atom stereocenters. The van der Waals surface area contributed by atoms with Crippen molar-refractivity contribution >= 4 is 39.4 Å². The lowest BCUT2D eigenvalue weighted by Gasteiger charge is -2.37. The Hall–Kier alpha value is -2.87. The fourth-order valence-electron chi connectivity index (χ4n) is 4.68. The number of fused-ring (bicyclic) bond motifs is 2. The molecule has 0 radical (unpaired) electrons. The van der Waals surface area contributed by atoms with Crippen molar-refractivity contribution in [2.45, 2.75) is 25.9 Å². The van der Waals surface area contributed by atoms with Crippen molar-refractivity contribution in [1.82, 2.24) is 25.0 Å². The van der Waals surface area contributed by atoms with Gasteiger partial charge in [0.05, 0.1) is 24.7 Å². The maximum atomic E-state index is 11.6. The standard InChI is InChI=1S/C25H28ClN5O2/c1-16(11-24(32)33-2)31-9-7-30(8-10-31)15-17-3-6-21-18(12-17)13-23(27-21)25-20-5-4-19(26)14-22(20)28-29-25/h3-6,12-14,16,27H,7-11,15H2,1-2H3,(H,28,29). The molecule has 4 aromatic rings. The van der Waals surface area contributed by atoms with Crippen LogP contribution in [-0.2, 0) is 16.1 Å². The van der Waals surface area contributed by atoms with Gasteiger partial charge in [0.1, 0.15) is 5.69 Å². The molecule has 0 bridgehead atoms. The van der Waals surface area contributed by atoms with E-state index in [1.807, 2.05) is 18.2 Å². The summed E-state index contributed by atoms with van der Waals surface area (Å²) < 4.78 is 4.81. The molecule has 3 heterocycles. The van der Waals surface area contributed by atoms with E-state index in [-0.39, 0.29) is 12.0 Å². The molecule has 2 N–H and O–H groups in total. The number of methoxy groups -OCH3 is 1. The summed E-state index contributed by atoms with van der Waals surface area (Å²) in [4.78, 5) is 19.9. The molecule has 172 valence electrons. The highest BCUT2D eigenvalue weighted by Crippen LogP contribution is 2.30. The number of benzene rings is 2. The number of esters is 1. The molecule has 33 heavy (non-hydrogen) atoms. The zero-order valence-electron chi connectivity index (χ0n) is 18.9. The minimum absolute atomic E-state index is 0.143. The fourth-order valence-corrected chi connectivity index (χ4v) is 4.85. The quantitative estimate of drug-likeness (QED) is 0.412. The van der Waals surface area contributed by atoms with Gasteiger partial charge in [-0.25, -0.2) is 0 Å². The zero-order chi connectivity index (χ0) is 22.9. The Bertz CT molecular complexity index is 1290. The number of nitrogens with zero attached hydrogens (tertiary/aromatic N) is 3. The Labute approximate surface area is 197 Å². The summed E-state index contributed by atoms with van der Waals surface area (Å²) in [6, 6.07) is 14.8. The Morgan fingerprint density at radius 1 is 1.12 bits per heavy atom. The molecule has 2 aromatic carbocycles. The number of hydrogen-bond acceptors (Lipinski definition) is 5. The fraction of sp³-hybridized carbons (Fsp3) is 0.360. The molecule has 0 amide bonds. The van der Waals surface area contributed by atoms with Gasteiger partial charge >= 0.3 is 5.97 Å². The SMILES string of the molecule is COC(=O)CC(C)N1CCN(Cc2ccc3[nH]c(-c4n[nH]c5cc(Cl)ccc45)cc3c2)CC1. The number of carbonyl (C=O) groups is 1. The van der Waals surface area contributed by atoms with Crippen molar-refractivity contribution in [3.05, 3.63) is 53.1 Å². The molecular weight excluding hydrogens is 438 g/mol. The lowest BCUT2D eigenvalue weighted by Crippen LogP contribution is -2.49. The first-order valence-corrected chi connectivity index (χ1v) is 11.7. The summed E-state index contributed by atoms with van der Waals surface area (Å²) in [6.45, 7) is 6.92. The maximum absolute atomic E-state index is 11.6. The molecule has 1 unspecified atom stereocenters. The van der Waals surface area contributed by atoms with E-state index in [4.69, 9.17) is 16.3 Å². The maximum Gasteiger partial charge on any atom is 0.307 e. The van der Waals surface area contributed by atoms with Crippen LogP contribution in [0.4, 0.5) is 0 Å². The lowest BCUT2D eigenvalue weighted by molar-refractivity contribution is -0.142. The third-order valence-corrected chi connectivity index (χ3v) is 6.83. The Morgan fingerprint density at radius 3 is 2.73 bits per heavy atom. The number of nitrogens with one attached hydrogen (secondary N) is 2. The number of halogens is 1. The van der Waals surface area contributed by atoms with Gasteiger partial charge in [0.2, 0.25) is 0 Å². The Morgan fingerprint density at radius 2 is 1.94 bits per heavy atom. The summed E-state index contributed by atoms with van der Waals surface area (Å²) in [5.74, 6) is -0.143. The summed E-state index contributed by atoms with van der Waals surface area (Å²) in [7, 11) is 1.45. The molecule has 5 rings (SSSR count). The third kappa shape index (κ3) is 4.62. The largest absolute Gasteiger partial charge is 0.469 e. The van der Waals surface area contributed by atoms with Crippen molar-refractivity contribution in [3.8, 4) is 11.4 Å². The van der Waals surface area contributed by atoms with Crippen LogP contribution in [0.1, 0.15) is 18.9 Å². The second-order valence-electron chi connectivity index (χ2n) is 8.81. The number of aromatic amines is 2. The Kier molecular flexibility index (Phi) is 6.10. The number of aromatic nitrogens is 3. The van der Waals surface area contributed by atoms with E-state index in [0.29, 0.717) is 11.4 Å². The average molecular weight is 466 g/mol. The highest BCUT2D eigenvalue weighted by Gasteiger charge is 2.23. The van der Waals surface area contributed by atoms with Crippen LogP contribution >= 0.6 is 11.6 Å². The van der Waals surface area contributed by atoms with E-state index in [1.165, 1.54) is 18.1 Å². The van der Waals surface area contributed by atoms with Crippen LogP contribution in [0, 0.1) is 0 Å². The molecule has 0 saturated carbocycles. The lowest BCUT2D eigenvalue weighted by atomic mass is 10.1. The van der Waals surface area contributed by atoms with Crippen LogP contribution in [0.2, 0.25) is 5.02 Å². The van der Waals surface area contributed by atoms with Crippen LogP contribution in [0.3, 0.4) is 0 Å². The van der Waals surface area contributed by atoms with Crippen LogP contribution in [0.25, 0.3) is 33.2 Å². The van der Waals surface area contributed by atoms with Crippen molar-refractivity contribution in [1.29, 1.82) is 0 Å². The van der Waals surface area contributed by atoms with Crippen molar-refractivity contribution in [3.63, 3.8) is 0 Å². The van der Waals surface area contributed by atoms with Gasteiger partial charge in [0.15, 0.2) is 0 Å². The molecule has 7 nitrogen and oxygen atoms in total. The van der Waals surface area contributed by atoms with E-state index in [0.717, 1.165) is 60.5 Å². The number of hydrogen-bond donors (Lipinski definition) is 2. The van der Waals surface area contributed by atoms with E-state index in [2.05, 4.69) is 56.2 Å². The van der Waals surface area contributed by atoms with Gasteiger partial charge in [-0.3, -0.25) is 19.7 Å². The van der Waals surface area contributed by atoms with Gasteiger partial charge in [0, 0.05) is 60.1 Å². The van der Waals surface area contributed by atoms with Gasteiger partial charge in [-0.15, -0.1) is 0 Å². The molecule has 1 aliphatic heterocycles. The topological polar surface area (TPSA) is 77.2 Å². The minimum atomic E-state index is -0.143. The Balaban J connectivity index is 1.26. The van der Waals surface area contributed by atoms with Crippen LogP contribution in [-0.4, -0.2) is 70.3 Å². The predicted octanol–water partition coefficient (Wildman–Crippen LogP) is 4.43. The number of carbonyl (C=O) groups excluding carboxylic acids is 1. The zero-order valence-corrected chi connectivity index (χ0v) is 19.7. The first kappa shape index (κ1) is 21.9. The smallest absolute Gasteiger partial charge is 0.307 e. The summed E-state index contributed by atoms with van der Waals surface area (Å²) in [5.41, 5.74) is 5.21. The van der Waals surface area contributed by atoms with Gasteiger partial charge in [-0.2, -0.15) is 5.10 Å². The monoisotopic (exact) mass is 465 g/mol. The van der Waals surface area contributed by atoms with E-state index >= 15 is 0 Å². The molecule has 1 aliphatic rings. The number of ether oxygens (including phenoxy) is 1. The first-order chi connectivity index (χ1) is 16.0. The van der Waals surface area contributed by atoms with Crippen molar-refractivity contribution in [2.24, 2.45) is 0 Å². The highest BCUT2D eigenvalue weighted by atomic mass is 35.5. The van der Waals surface area contributed by atoms with E-state index in [9.17, 15) is 4.79 Å². The number of H-pyrrole nitrogens is 2.